The van der Waals surface area contributed by atoms with E-state index in [9.17, 15) is 19.7 Å². The Morgan fingerprint density at radius 3 is 2.35 bits per heavy atom. The molecule has 0 aliphatic carbocycles. The van der Waals surface area contributed by atoms with Gasteiger partial charge in [-0.3, -0.25) is 19.7 Å². The van der Waals surface area contributed by atoms with Crippen LogP contribution in [0.2, 0.25) is 0 Å². The van der Waals surface area contributed by atoms with Crippen LogP contribution < -0.4 is 4.90 Å². The smallest absolute Gasteiger partial charge is 0.268 e. The van der Waals surface area contributed by atoms with Gasteiger partial charge in [-0.25, -0.2) is 4.90 Å². The van der Waals surface area contributed by atoms with Gasteiger partial charge >= 0.3 is 0 Å². The SMILES string of the molecule is Cc1ccc(N2C(=O)c3cccc4cc([N+](=O)[O-])cc(c34)C2=O)c(C)c1. The number of hydrogen-bond acceptors (Lipinski definition) is 4. The molecule has 26 heavy (non-hydrogen) atoms. The first kappa shape index (κ1) is 16.0. The molecule has 0 aromatic heterocycles. The Labute approximate surface area is 148 Å². The number of benzene rings is 3. The summed E-state index contributed by atoms with van der Waals surface area (Å²) in [6, 6.07) is 13.0. The number of imide groups is 1. The van der Waals surface area contributed by atoms with Gasteiger partial charge in [0.1, 0.15) is 0 Å². The first-order valence-corrected chi connectivity index (χ1v) is 8.05. The fourth-order valence-corrected chi connectivity index (χ4v) is 3.47. The minimum Gasteiger partial charge on any atom is -0.268 e. The van der Waals surface area contributed by atoms with Gasteiger partial charge in [-0.05, 0) is 36.9 Å². The second-order valence-electron chi connectivity index (χ2n) is 6.39. The van der Waals surface area contributed by atoms with Crippen LogP contribution in [0.1, 0.15) is 31.8 Å². The van der Waals surface area contributed by atoms with Crippen LogP contribution in [0.5, 0.6) is 0 Å². The number of nitro benzene ring substituents is 1. The fraction of sp³-hybridized carbons (Fsp3) is 0.100. The van der Waals surface area contributed by atoms with Crippen LogP contribution in [0.3, 0.4) is 0 Å². The number of aryl methyl sites for hydroxylation is 2. The third-order valence-corrected chi connectivity index (χ3v) is 4.63. The van der Waals surface area contributed by atoms with Crippen molar-refractivity contribution in [2.24, 2.45) is 0 Å². The molecule has 0 radical (unpaired) electrons. The van der Waals surface area contributed by atoms with E-state index < -0.39 is 16.7 Å². The van der Waals surface area contributed by atoms with Crippen molar-refractivity contribution < 1.29 is 14.5 Å². The second kappa shape index (κ2) is 5.49. The van der Waals surface area contributed by atoms with E-state index in [4.69, 9.17) is 0 Å². The number of amides is 2. The Bertz CT molecular complexity index is 1130. The van der Waals surface area contributed by atoms with E-state index in [1.165, 1.54) is 12.1 Å². The van der Waals surface area contributed by atoms with Crippen LogP contribution in [0.4, 0.5) is 11.4 Å². The van der Waals surface area contributed by atoms with Gasteiger partial charge < -0.3 is 0 Å². The Hall–Kier alpha value is -3.54. The number of carbonyl (C=O) groups excluding carboxylic acids is 2. The first-order valence-electron chi connectivity index (χ1n) is 8.05. The third-order valence-electron chi connectivity index (χ3n) is 4.63. The molecule has 6 heteroatoms. The number of hydrogen-bond donors (Lipinski definition) is 0. The molecule has 0 N–H and O–H groups in total. The van der Waals surface area contributed by atoms with E-state index in [0.717, 1.165) is 16.0 Å². The number of anilines is 1. The molecule has 0 saturated heterocycles. The molecular formula is C20H14N2O4. The highest BCUT2D eigenvalue weighted by atomic mass is 16.6. The zero-order valence-electron chi connectivity index (χ0n) is 14.1. The quantitative estimate of drug-likeness (QED) is 0.396. The molecule has 0 atom stereocenters. The Kier molecular flexibility index (Phi) is 3.37. The van der Waals surface area contributed by atoms with E-state index in [1.54, 1.807) is 24.3 Å². The minimum absolute atomic E-state index is 0.171. The summed E-state index contributed by atoms with van der Waals surface area (Å²) in [5.74, 6) is -0.969. The molecule has 6 nitrogen and oxygen atoms in total. The van der Waals surface area contributed by atoms with E-state index in [2.05, 4.69) is 0 Å². The van der Waals surface area contributed by atoms with Crippen LogP contribution in [0.25, 0.3) is 10.8 Å². The lowest BCUT2D eigenvalue weighted by Crippen LogP contribution is -2.40. The van der Waals surface area contributed by atoms with Gasteiger partial charge in [0.25, 0.3) is 17.5 Å². The maximum atomic E-state index is 13.1. The zero-order valence-corrected chi connectivity index (χ0v) is 14.1. The monoisotopic (exact) mass is 346 g/mol. The summed E-state index contributed by atoms with van der Waals surface area (Å²) in [5, 5.41) is 12.2. The van der Waals surface area contributed by atoms with Crippen LogP contribution >= 0.6 is 0 Å². The Morgan fingerprint density at radius 1 is 0.923 bits per heavy atom. The number of nitro groups is 1. The van der Waals surface area contributed by atoms with E-state index in [-0.39, 0.29) is 11.3 Å². The molecule has 128 valence electrons. The number of rotatable bonds is 2. The molecule has 1 heterocycles. The predicted octanol–water partition coefficient (Wildman–Crippen LogP) is 4.17. The molecule has 2 amide bonds. The second-order valence-corrected chi connectivity index (χ2v) is 6.39. The molecule has 0 saturated carbocycles. The minimum atomic E-state index is -0.547. The average molecular weight is 346 g/mol. The van der Waals surface area contributed by atoms with Crippen molar-refractivity contribution in [3.05, 3.63) is 80.9 Å². The van der Waals surface area contributed by atoms with E-state index >= 15 is 0 Å². The number of non-ortho nitro benzene ring substituents is 1. The van der Waals surface area contributed by atoms with Crippen molar-refractivity contribution >= 4 is 34.0 Å². The third kappa shape index (κ3) is 2.19. The summed E-state index contributed by atoms with van der Waals surface area (Å²) >= 11 is 0. The highest BCUT2D eigenvalue weighted by Gasteiger charge is 2.35. The van der Waals surface area contributed by atoms with Gasteiger partial charge in [0.2, 0.25) is 0 Å². The van der Waals surface area contributed by atoms with Crippen molar-refractivity contribution in [2.45, 2.75) is 13.8 Å². The molecule has 0 unspecified atom stereocenters. The molecular weight excluding hydrogens is 332 g/mol. The first-order chi connectivity index (χ1) is 12.4. The van der Waals surface area contributed by atoms with Crippen molar-refractivity contribution in [3.8, 4) is 0 Å². The summed E-state index contributed by atoms with van der Waals surface area (Å²) in [6.45, 7) is 3.75. The lowest BCUT2D eigenvalue weighted by atomic mass is 9.92. The van der Waals surface area contributed by atoms with Crippen molar-refractivity contribution in [3.63, 3.8) is 0 Å². The van der Waals surface area contributed by atoms with Gasteiger partial charge in [-0.1, -0.05) is 29.8 Å². The summed E-state index contributed by atoms with van der Waals surface area (Å²) in [7, 11) is 0. The summed E-state index contributed by atoms with van der Waals surface area (Å²) < 4.78 is 0. The molecule has 1 aliphatic heterocycles. The fourth-order valence-electron chi connectivity index (χ4n) is 3.47. The lowest BCUT2D eigenvalue weighted by molar-refractivity contribution is -0.384. The van der Waals surface area contributed by atoms with Crippen LogP contribution in [0, 0.1) is 24.0 Å². The van der Waals surface area contributed by atoms with Gasteiger partial charge in [-0.2, -0.15) is 0 Å². The molecule has 0 spiro atoms. The zero-order chi connectivity index (χ0) is 18.6. The van der Waals surface area contributed by atoms with Crippen LogP contribution in [-0.2, 0) is 0 Å². The summed E-state index contributed by atoms with van der Waals surface area (Å²) in [5.41, 5.74) is 2.65. The highest BCUT2D eigenvalue weighted by Crippen LogP contribution is 2.36. The molecule has 0 fully saturated rings. The van der Waals surface area contributed by atoms with Gasteiger partial charge in [0.15, 0.2) is 0 Å². The lowest BCUT2D eigenvalue weighted by Gasteiger charge is -2.28. The molecule has 0 bridgehead atoms. The number of nitrogens with zero attached hydrogens (tertiary/aromatic N) is 2. The van der Waals surface area contributed by atoms with Crippen molar-refractivity contribution in [1.29, 1.82) is 0 Å². The van der Waals surface area contributed by atoms with E-state index in [1.807, 2.05) is 26.0 Å². The maximum absolute atomic E-state index is 13.1. The Balaban J connectivity index is 2.01. The average Bonchev–Trinajstić information content (AvgIpc) is 2.60. The van der Waals surface area contributed by atoms with Gasteiger partial charge in [0.05, 0.1) is 16.2 Å². The van der Waals surface area contributed by atoms with Crippen molar-refractivity contribution in [2.75, 3.05) is 4.90 Å². The standard InChI is InChI=1S/C20H14N2O4/c1-11-6-7-17(12(2)8-11)21-19(23)15-5-3-4-13-9-14(22(25)26)10-16(18(13)15)20(21)24/h3-10H,1-2H3. The van der Waals surface area contributed by atoms with Crippen LogP contribution in [-0.4, -0.2) is 16.7 Å². The van der Waals surface area contributed by atoms with Crippen molar-refractivity contribution in [1.82, 2.24) is 0 Å². The highest BCUT2D eigenvalue weighted by molar-refractivity contribution is 6.36. The molecule has 3 aromatic rings. The topological polar surface area (TPSA) is 80.5 Å². The predicted molar refractivity (Wildman–Crippen MR) is 97.7 cm³/mol. The van der Waals surface area contributed by atoms with Crippen LogP contribution in [0.15, 0.2) is 48.5 Å². The molecule has 4 rings (SSSR count). The number of carbonyl (C=O) groups is 2. The molecule has 3 aromatic carbocycles. The largest absolute Gasteiger partial charge is 0.270 e. The normalized spacial score (nSPS) is 13.4. The summed E-state index contributed by atoms with van der Waals surface area (Å²) in [4.78, 5) is 38.0. The van der Waals surface area contributed by atoms with E-state index in [0.29, 0.717) is 22.0 Å². The Morgan fingerprint density at radius 2 is 1.65 bits per heavy atom. The summed E-state index contributed by atoms with van der Waals surface area (Å²) in [6.07, 6.45) is 0. The van der Waals surface area contributed by atoms with Gasteiger partial charge in [0, 0.05) is 23.1 Å². The molecule has 1 aliphatic rings. The maximum Gasteiger partial charge on any atom is 0.270 e. The van der Waals surface area contributed by atoms with Gasteiger partial charge in [-0.15, -0.1) is 0 Å².